The van der Waals surface area contributed by atoms with Crippen LogP contribution in [0.25, 0.3) is 0 Å². The van der Waals surface area contributed by atoms with E-state index < -0.39 is 0 Å². The molecule has 1 unspecified atom stereocenters. The van der Waals surface area contributed by atoms with Gasteiger partial charge in [-0.15, -0.1) is 0 Å². The number of thiol groups is 1. The highest BCUT2D eigenvalue weighted by atomic mass is 32.1. The van der Waals surface area contributed by atoms with Gasteiger partial charge in [0, 0.05) is 39.1 Å². The summed E-state index contributed by atoms with van der Waals surface area (Å²) in [6.45, 7) is 3.54. The molecule has 2 rings (SSSR count). The van der Waals surface area contributed by atoms with Gasteiger partial charge >= 0.3 is 6.03 Å². The summed E-state index contributed by atoms with van der Waals surface area (Å²) < 4.78 is 0. The van der Waals surface area contributed by atoms with E-state index in [2.05, 4.69) is 17.9 Å². The number of hydrogen-bond acceptors (Lipinski definition) is 3. The Hall–Kier alpha value is -0.910. The van der Waals surface area contributed by atoms with Crippen LogP contribution in [0.4, 0.5) is 4.79 Å². The van der Waals surface area contributed by atoms with Crippen molar-refractivity contribution in [3.05, 3.63) is 0 Å². The van der Waals surface area contributed by atoms with Crippen molar-refractivity contribution < 1.29 is 9.59 Å². The molecule has 0 aliphatic carbocycles. The summed E-state index contributed by atoms with van der Waals surface area (Å²) in [5, 5.41) is 2.75. The Kier molecular flexibility index (Phi) is 3.58. The number of hydrogen-bond donors (Lipinski definition) is 2. The zero-order valence-electron chi connectivity index (χ0n) is 9.19. The highest BCUT2D eigenvalue weighted by molar-refractivity contribution is 7.80. The summed E-state index contributed by atoms with van der Waals surface area (Å²) in [5.41, 5.74) is 0. The molecule has 0 spiro atoms. The Labute approximate surface area is 101 Å². The Morgan fingerprint density at radius 2 is 2.06 bits per heavy atom. The zero-order valence-corrected chi connectivity index (χ0v) is 10.1. The van der Waals surface area contributed by atoms with Crippen LogP contribution in [0.5, 0.6) is 0 Å². The second kappa shape index (κ2) is 4.95. The van der Waals surface area contributed by atoms with E-state index >= 15 is 0 Å². The van der Waals surface area contributed by atoms with Crippen LogP contribution in [0, 0.1) is 5.92 Å². The van der Waals surface area contributed by atoms with Crippen LogP contribution >= 0.6 is 12.6 Å². The third kappa shape index (κ3) is 2.42. The molecule has 0 saturated carbocycles. The van der Waals surface area contributed by atoms with Crippen molar-refractivity contribution in [2.75, 3.05) is 38.5 Å². The van der Waals surface area contributed by atoms with Gasteiger partial charge in [0.25, 0.3) is 0 Å². The third-order valence-electron chi connectivity index (χ3n) is 3.14. The molecule has 2 heterocycles. The summed E-state index contributed by atoms with van der Waals surface area (Å²) in [6, 6.07) is -0.0163. The van der Waals surface area contributed by atoms with E-state index in [1.807, 2.05) is 4.90 Å². The monoisotopic (exact) mass is 243 g/mol. The summed E-state index contributed by atoms with van der Waals surface area (Å²) >= 11 is 4.21. The summed E-state index contributed by atoms with van der Waals surface area (Å²) in [6.07, 6.45) is 0.607. The third-order valence-corrected chi connectivity index (χ3v) is 3.65. The van der Waals surface area contributed by atoms with Crippen molar-refractivity contribution in [2.45, 2.75) is 6.42 Å². The molecule has 0 aromatic heterocycles. The van der Waals surface area contributed by atoms with E-state index in [9.17, 15) is 9.59 Å². The fraction of sp³-hybridized carbons (Fsp3) is 0.800. The number of carbonyl (C=O) groups is 2. The van der Waals surface area contributed by atoms with Gasteiger partial charge in [0.1, 0.15) is 0 Å². The van der Waals surface area contributed by atoms with Gasteiger partial charge in [0.2, 0.25) is 5.91 Å². The highest BCUT2D eigenvalue weighted by Crippen LogP contribution is 2.18. The van der Waals surface area contributed by atoms with Gasteiger partial charge in [-0.25, -0.2) is 4.79 Å². The first-order valence-electron chi connectivity index (χ1n) is 5.62. The molecule has 0 aromatic rings. The first kappa shape index (κ1) is 11.6. The molecule has 90 valence electrons. The first-order chi connectivity index (χ1) is 7.70. The van der Waals surface area contributed by atoms with Gasteiger partial charge in [-0.05, 0) is 11.7 Å². The SMILES string of the molecule is O=C1CC(CS)CN1CCN1CCNC1=O. The molecule has 6 heteroatoms. The molecule has 0 bridgehead atoms. The highest BCUT2D eigenvalue weighted by Gasteiger charge is 2.29. The van der Waals surface area contributed by atoms with Crippen molar-refractivity contribution in [3.63, 3.8) is 0 Å². The Bertz CT molecular complexity index is 298. The van der Waals surface area contributed by atoms with Gasteiger partial charge in [-0.1, -0.05) is 0 Å². The molecule has 3 amide bonds. The maximum Gasteiger partial charge on any atom is 0.317 e. The Balaban J connectivity index is 1.77. The van der Waals surface area contributed by atoms with Crippen LogP contribution in [0.1, 0.15) is 6.42 Å². The van der Waals surface area contributed by atoms with Crippen molar-refractivity contribution in [1.82, 2.24) is 15.1 Å². The smallest absolute Gasteiger partial charge is 0.317 e. The molecule has 16 heavy (non-hydrogen) atoms. The first-order valence-corrected chi connectivity index (χ1v) is 6.25. The van der Waals surface area contributed by atoms with Gasteiger partial charge in [0.15, 0.2) is 0 Å². The van der Waals surface area contributed by atoms with E-state index in [4.69, 9.17) is 0 Å². The minimum Gasteiger partial charge on any atom is -0.341 e. The molecule has 1 atom stereocenters. The van der Waals surface area contributed by atoms with E-state index in [1.165, 1.54) is 0 Å². The molecule has 0 aromatic carbocycles. The zero-order chi connectivity index (χ0) is 11.5. The van der Waals surface area contributed by atoms with Crippen molar-refractivity contribution in [2.24, 2.45) is 5.92 Å². The van der Waals surface area contributed by atoms with Crippen LogP contribution in [0.2, 0.25) is 0 Å². The number of likely N-dealkylation sites (tertiary alicyclic amines) is 1. The predicted octanol–water partition coefficient (Wildman–Crippen LogP) is -0.210. The van der Waals surface area contributed by atoms with Gasteiger partial charge in [-0.3, -0.25) is 4.79 Å². The Morgan fingerprint density at radius 1 is 1.31 bits per heavy atom. The standard InChI is InChI=1S/C10H17N3O2S/c14-9-5-8(7-16)6-13(9)4-3-12-2-1-11-10(12)15/h8,16H,1-7H2,(H,11,15). The molecule has 0 radical (unpaired) electrons. The lowest BCUT2D eigenvalue weighted by Gasteiger charge is -2.20. The second-order valence-electron chi connectivity index (χ2n) is 4.31. The molecule has 2 fully saturated rings. The molecule has 1 N–H and O–H groups in total. The lowest BCUT2D eigenvalue weighted by Crippen LogP contribution is -2.37. The molecule has 2 aliphatic heterocycles. The quantitative estimate of drug-likeness (QED) is 0.671. The predicted molar refractivity (Wildman–Crippen MR) is 63.5 cm³/mol. The topological polar surface area (TPSA) is 52.7 Å². The van der Waals surface area contributed by atoms with E-state index in [1.54, 1.807) is 4.90 Å². The fourth-order valence-electron chi connectivity index (χ4n) is 2.16. The lowest BCUT2D eigenvalue weighted by atomic mass is 10.1. The minimum atomic E-state index is -0.0163. The number of rotatable bonds is 4. The number of amides is 3. The average molecular weight is 243 g/mol. The number of nitrogens with zero attached hydrogens (tertiary/aromatic N) is 2. The summed E-state index contributed by atoms with van der Waals surface area (Å²) in [4.78, 5) is 26.5. The number of urea groups is 1. The Morgan fingerprint density at radius 3 is 2.62 bits per heavy atom. The lowest BCUT2D eigenvalue weighted by molar-refractivity contribution is -0.127. The largest absolute Gasteiger partial charge is 0.341 e. The van der Waals surface area contributed by atoms with Crippen molar-refractivity contribution in [3.8, 4) is 0 Å². The average Bonchev–Trinajstić information content (AvgIpc) is 2.82. The number of carbonyl (C=O) groups excluding carboxylic acids is 2. The van der Waals surface area contributed by atoms with Crippen molar-refractivity contribution in [1.29, 1.82) is 0 Å². The van der Waals surface area contributed by atoms with Crippen molar-refractivity contribution >= 4 is 24.6 Å². The number of nitrogens with one attached hydrogen (secondary N) is 1. The van der Waals surface area contributed by atoms with Gasteiger partial charge < -0.3 is 15.1 Å². The molecule has 2 aliphatic rings. The molecular weight excluding hydrogens is 226 g/mol. The second-order valence-corrected chi connectivity index (χ2v) is 4.68. The molecule has 5 nitrogen and oxygen atoms in total. The summed E-state index contributed by atoms with van der Waals surface area (Å²) in [5.74, 6) is 1.33. The van der Waals surface area contributed by atoms with Gasteiger partial charge in [0.05, 0.1) is 0 Å². The van der Waals surface area contributed by atoms with E-state index in [0.717, 1.165) is 18.8 Å². The molecule has 2 saturated heterocycles. The van der Waals surface area contributed by atoms with E-state index in [-0.39, 0.29) is 11.9 Å². The van der Waals surface area contributed by atoms with Crippen LogP contribution in [-0.2, 0) is 4.79 Å². The maximum absolute atomic E-state index is 11.6. The normalized spacial score (nSPS) is 25.4. The van der Waals surface area contributed by atoms with Crippen LogP contribution in [0.3, 0.4) is 0 Å². The maximum atomic E-state index is 11.6. The van der Waals surface area contributed by atoms with Crippen LogP contribution < -0.4 is 5.32 Å². The van der Waals surface area contributed by atoms with Crippen LogP contribution in [0.15, 0.2) is 0 Å². The minimum absolute atomic E-state index is 0.0163. The fourth-order valence-corrected chi connectivity index (χ4v) is 2.40. The summed E-state index contributed by atoms with van der Waals surface area (Å²) in [7, 11) is 0. The van der Waals surface area contributed by atoms with Gasteiger partial charge in [-0.2, -0.15) is 12.6 Å². The van der Waals surface area contributed by atoms with E-state index in [0.29, 0.717) is 32.0 Å². The molecular formula is C10H17N3O2S. The van der Waals surface area contributed by atoms with Crippen LogP contribution in [-0.4, -0.2) is 60.2 Å².